The predicted octanol–water partition coefficient (Wildman–Crippen LogP) is 2.02. The van der Waals surface area contributed by atoms with Crippen LogP contribution in [0, 0.1) is 11.8 Å². The van der Waals surface area contributed by atoms with E-state index in [-0.39, 0.29) is 23.4 Å². The molecule has 2 aliphatic carbocycles. The maximum absolute atomic E-state index is 12.1. The molecule has 0 aliphatic heterocycles. The number of phenolic OH excluding ortho intramolecular Hbond substituents is 2. The molecule has 0 heterocycles. The highest BCUT2D eigenvalue weighted by Gasteiger charge is 2.42. The molecule has 0 unspecified atom stereocenters. The molecule has 4 nitrogen and oxygen atoms in total. The van der Waals surface area contributed by atoms with E-state index in [9.17, 15) is 15.0 Å². The minimum Gasteiger partial charge on any atom is -0.508 e. The van der Waals surface area contributed by atoms with Crippen molar-refractivity contribution in [3.8, 4) is 11.5 Å². The Bertz CT molecular complexity index is 446. The van der Waals surface area contributed by atoms with Crippen LogP contribution in [0.3, 0.4) is 0 Å². The molecule has 4 heteroatoms. The van der Waals surface area contributed by atoms with Crippen LogP contribution in [0.2, 0.25) is 0 Å². The fourth-order valence-electron chi connectivity index (χ4n) is 2.49. The van der Waals surface area contributed by atoms with Gasteiger partial charge in [0.1, 0.15) is 11.5 Å². The number of hydrogen-bond donors (Lipinski definition) is 3. The minimum atomic E-state index is -0.204. The van der Waals surface area contributed by atoms with Crippen LogP contribution in [0.1, 0.15) is 36.0 Å². The van der Waals surface area contributed by atoms with E-state index in [1.165, 1.54) is 43.9 Å². The van der Waals surface area contributed by atoms with Gasteiger partial charge in [0.25, 0.3) is 5.91 Å². The molecule has 0 bridgehead atoms. The third-order valence-electron chi connectivity index (χ3n) is 3.72. The standard InChI is InChI=1S/C14H17NO3/c16-11-5-10(6-12(17)7-11)14(18)15-13(8-1-2-8)9-3-4-9/h5-9,13,16-17H,1-4H2,(H,15,18). The molecule has 0 atom stereocenters. The van der Waals surface area contributed by atoms with E-state index >= 15 is 0 Å². The van der Waals surface area contributed by atoms with E-state index < -0.39 is 0 Å². The summed E-state index contributed by atoms with van der Waals surface area (Å²) in [5, 5.41) is 21.8. The first kappa shape index (κ1) is 11.4. The summed E-state index contributed by atoms with van der Waals surface area (Å²) in [4.78, 5) is 12.1. The molecule has 2 saturated carbocycles. The Balaban J connectivity index is 1.72. The van der Waals surface area contributed by atoms with Crippen LogP contribution in [0.15, 0.2) is 18.2 Å². The number of hydrogen-bond acceptors (Lipinski definition) is 3. The van der Waals surface area contributed by atoms with Gasteiger partial charge < -0.3 is 15.5 Å². The molecule has 3 rings (SSSR count). The van der Waals surface area contributed by atoms with Crippen LogP contribution in [0.5, 0.6) is 11.5 Å². The monoisotopic (exact) mass is 247 g/mol. The van der Waals surface area contributed by atoms with Crippen LogP contribution < -0.4 is 5.32 Å². The summed E-state index contributed by atoms with van der Waals surface area (Å²) in [5.74, 6) is 0.883. The van der Waals surface area contributed by atoms with Crippen LogP contribution in [0.4, 0.5) is 0 Å². The molecule has 0 spiro atoms. The molecule has 1 amide bonds. The molecular formula is C14H17NO3. The number of benzene rings is 1. The largest absolute Gasteiger partial charge is 0.508 e. The van der Waals surface area contributed by atoms with Gasteiger partial charge in [-0.3, -0.25) is 4.79 Å². The molecule has 1 aromatic rings. The Morgan fingerprint density at radius 3 is 2.00 bits per heavy atom. The Labute approximate surface area is 106 Å². The first-order valence-electron chi connectivity index (χ1n) is 6.47. The second-order valence-electron chi connectivity index (χ2n) is 5.41. The van der Waals surface area contributed by atoms with Crippen LogP contribution in [0.25, 0.3) is 0 Å². The third kappa shape index (κ3) is 2.42. The molecule has 18 heavy (non-hydrogen) atoms. The smallest absolute Gasteiger partial charge is 0.251 e. The second kappa shape index (κ2) is 4.19. The normalized spacial score (nSPS) is 18.9. The molecule has 2 aliphatic rings. The van der Waals surface area contributed by atoms with Gasteiger partial charge >= 0.3 is 0 Å². The number of phenols is 2. The number of aromatic hydroxyl groups is 2. The van der Waals surface area contributed by atoms with Crippen LogP contribution in [-0.4, -0.2) is 22.2 Å². The third-order valence-corrected chi connectivity index (χ3v) is 3.72. The van der Waals surface area contributed by atoms with Crippen molar-refractivity contribution in [2.75, 3.05) is 0 Å². The van der Waals surface area contributed by atoms with Gasteiger partial charge in [0, 0.05) is 17.7 Å². The highest BCUT2D eigenvalue weighted by atomic mass is 16.3. The summed E-state index contributed by atoms with van der Waals surface area (Å²) < 4.78 is 0. The summed E-state index contributed by atoms with van der Waals surface area (Å²) in [6.45, 7) is 0. The van der Waals surface area contributed by atoms with Gasteiger partial charge in [-0.15, -0.1) is 0 Å². The molecule has 0 aromatic heterocycles. The first-order valence-corrected chi connectivity index (χ1v) is 6.47. The quantitative estimate of drug-likeness (QED) is 0.762. The van der Waals surface area contributed by atoms with Crippen LogP contribution >= 0.6 is 0 Å². The molecule has 1 aromatic carbocycles. The SMILES string of the molecule is O=C(NC(C1CC1)C1CC1)c1cc(O)cc(O)c1. The zero-order chi connectivity index (χ0) is 12.7. The maximum atomic E-state index is 12.1. The highest BCUT2D eigenvalue weighted by Crippen LogP contribution is 2.44. The van der Waals surface area contributed by atoms with E-state index in [0.29, 0.717) is 17.4 Å². The zero-order valence-corrected chi connectivity index (χ0v) is 10.1. The van der Waals surface area contributed by atoms with Crippen molar-refractivity contribution in [1.82, 2.24) is 5.32 Å². The van der Waals surface area contributed by atoms with Gasteiger partial charge in [-0.05, 0) is 49.7 Å². The van der Waals surface area contributed by atoms with E-state index in [4.69, 9.17) is 0 Å². The number of rotatable bonds is 4. The Kier molecular flexibility index (Phi) is 2.65. The van der Waals surface area contributed by atoms with Gasteiger partial charge in [-0.25, -0.2) is 0 Å². The lowest BCUT2D eigenvalue weighted by Gasteiger charge is -2.17. The molecular weight excluding hydrogens is 230 g/mol. The van der Waals surface area contributed by atoms with Gasteiger partial charge in [0.2, 0.25) is 0 Å². The maximum Gasteiger partial charge on any atom is 0.251 e. The van der Waals surface area contributed by atoms with E-state index in [1.54, 1.807) is 0 Å². The predicted molar refractivity (Wildman–Crippen MR) is 66.5 cm³/mol. The van der Waals surface area contributed by atoms with Gasteiger partial charge in [-0.1, -0.05) is 0 Å². The van der Waals surface area contributed by atoms with E-state index in [0.717, 1.165) is 0 Å². The number of carbonyl (C=O) groups excluding carboxylic acids is 1. The minimum absolute atomic E-state index is 0.0884. The van der Waals surface area contributed by atoms with Gasteiger partial charge in [0.05, 0.1) is 0 Å². The van der Waals surface area contributed by atoms with Crippen molar-refractivity contribution < 1.29 is 15.0 Å². The van der Waals surface area contributed by atoms with Crippen molar-refractivity contribution in [1.29, 1.82) is 0 Å². The number of nitrogens with one attached hydrogen (secondary N) is 1. The molecule has 96 valence electrons. The summed E-state index contributed by atoms with van der Waals surface area (Å²) in [6.07, 6.45) is 4.80. The molecule has 0 saturated heterocycles. The fourth-order valence-corrected chi connectivity index (χ4v) is 2.49. The first-order chi connectivity index (χ1) is 8.63. The average Bonchev–Trinajstić information content (AvgIpc) is 3.14. The zero-order valence-electron chi connectivity index (χ0n) is 10.1. The summed E-state index contributed by atoms with van der Waals surface area (Å²) in [6, 6.07) is 4.26. The van der Waals surface area contributed by atoms with Crippen molar-refractivity contribution in [2.45, 2.75) is 31.7 Å². The van der Waals surface area contributed by atoms with Crippen molar-refractivity contribution in [2.24, 2.45) is 11.8 Å². The number of amides is 1. The van der Waals surface area contributed by atoms with Crippen molar-refractivity contribution >= 4 is 5.91 Å². The van der Waals surface area contributed by atoms with Crippen molar-refractivity contribution in [3.63, 3.8) is 0 Å². The lowest BCUT2D eigenvalue weighted by atomic mass is 10.1. The van der Waals surface area contributed by atoms with Gasteiger partial charge in [0.15, 0.2) is 0 Å². The van der Waals surface area contributed by atoms with E-state index in [1.807, 2.05) is 0 Å². The molecule has 0 radical (unpaired) electrons. The summed E-state index contributed by atoms with van der Waals surface area (Å²) >= 11 is 0. The number of carbonyl (C=O) groups is 1. The Morgan fingerprint density at radius 1 is 1.06 bits per heavy atom. The Morgan fingerprint density at radius 2 is 1.56 bits per heavy atom. The highest BCUT2D eigenvalue weighted by molar-refractivity contribution is 5.95. The van der Waals surface area contributed by atoms with E-state index in [2.05, 4.69) is 5.32 Å². The van der Waals surface area contributed by atoms with Gasteiger partial charge in [-0.2, -0.15) is 0 Å². The average molecular weight is 247 g/mol. The molecule has 3 N–H and O–H groups in total. The van der Waals surface area contributed by atoms with Crippen molar-refractivity contribution in [3.05, 3.63) is 23.8 Å². The summed E-state index contributed by atoms with van der Waals surface area (Å²) in [7, 11) is 0. The fraction of sp³-hybridized carbons (Fsp3) is 0.500. The lowest BCUT2D eigenvalue weighted by Crippen LogP contribution is -2.38. The molecule has 2 fully saturated rings. The van der Waals surface area contributed by atoms with Crippen LogP contribution in [-0.2, 0) is 0 Å². The topological polar surface area (TPSA) is 69.6 Å². The second-order valence-corrected chi connectivity index (χ2v) is 5.41. The Hall–Kier alpha value is -1.71. The lowest BCUT2D eigenvalue weighted by molar-refractivity contribution is 0.0925. The summed E-state index contributed by atoms with van der Waals surface area (Å²) in [5.41, 5.74) is 0.318.